The van der Waals surface area contributed by atoms with Gasteiger partial charge in [-0.05, 0) is 30.7 Å². The number of nitrogens with one attached hydrogen (secondary N) is 2. The van der Waals surface area contributed by atoms with Crippen molar-refractivity contribution in [3.63, 3.8) is 0 Å². The van der Waals surface area contributed by atoms with E-state index < -0.39 is 0 Å². The molecule has 0 saturated heterocycles. The van der Waals surface area contributed by atoms with E-state index >= 15 is 0 Å². The second kappa shape index (κ2) is 12.2. The Morgan fingerprint density at radius 2 is 1.59 bits per heavy atom. The molecule has 2 rings (SSSR count). The van der Waals surface area contributed by atoms with Crippen LogP contribution in [0.5, 0.6) is 0 Å². The standard InChI is InChI=1S/C21H29N3O2S/c1-2-3-4-5-6-7-8-9-10-19(25)23-18-13-11-17(12-14-18)20(26)24-21-22-15-16-27-21/h11-16H,2-10H2,1H3,(H,23,25)(H,22,24,26). The summed E-state index contributed by atoms with van der Waals surface area (Å²) < 4.78 is 0. The summed E-state index contributed by atoms with van der Waals surface area (Å²) in [5, 5.41) is 8.01. The van der Waals surface area contributed by atoms with Gasteiger partial charge in [0.15, 0.2) is 5.13 Å². The summed E-state index contributed by atoms with van der Waals surface area (Å²) in [6, 6.07) is 6.91. The molecule has 1 heterocycles. The van der Waals surface area contributed by atoms with Gasteiger partial charge >= 0.3 is 0 Å². The fourth-order valence-electron chi connectivity index (χ4n) is 2.80. The summed E-state index contributed by atoms with van der Waals surface area (Å²) in [7, 11) is 0. The molecule has 0 saturated carbocycles. The van der Waals surface area contributed by atoms with E-state index in [2.05, 4.69) is 22.5 Å². The van der Waals surface area contributed by atoms with Crippen LogP contribution in [-0.2, 0) is 4.79 Å². The van der Waals surface area contributed by atoms with Gasteiger partial charge in [-0.25, -0.2) is 4.98 Å². The maximum atomic E-state index is 12.1. The Kier molecular flexibility index (Phi) is 9.55. The number of anilines is 2. The highest BCUT2D eigenvalue weighted by atomic mass is 32.1. The zero-order valence-electron chi connectivity index (χ0n) is 16.0. The van der Waals surface area contributed by atoms with Crippen molar-refractivity contribution in [3.05, 3.63) is 41.4 Å². The van der Waals surface area contributed by atoms with Crippen molar-refractivity contribution in [2.75, 3.05) is 10.6 Å². The van der Waals surface area contributed by atoms with Crippen LogP contribution < -0.4 is 10.6 Å². The molecule has 1 aromatic heterocycles. The second-order valence-corrected chi connectivity index (χ2v) is 7.54. The monoisotopic (exact) mass is 387 g/mol. The number of hydrogen-bond donors (Lipinski definition) is 2. The van der Waals surface area contributed by atoms with Crippen molar-refractivity contribution in [1.82, 2.24) is 4.98 Å². The van der Waals surface area contributed by atoms with Crippen LogP contribution in [-0.4, -0.2) is 16.8 Å². The number of carbonyl (C=O) groups excluding carboxylic acids is 2. The zero-order valence-corrected chi connectivity index (χ0v) is 16.8. The van der Waals surface area contributed by atoms with Gasteiger partial charge in [-0.2, -0.15) is 0 Å². The van der Waals surface area contributed by atoms with Crippen LogP contribution in [0.3, 0.4) is 0 Å². The lowest BCUT2D eigenvalue weighted by molar-refractivity contribution is -0.116. The number of hydrogen-bond acceptors (Lipinski definition) is 4. The molecule has 0 fully saturated rings. The molecule has 0 bridgehead atoms. The minimum absolute atomic E-state index is 0.0287. The normalized spacial score (nSPS) is 10.6. The molecule has 1 aromatic carbocycles. The lowest BCUT2D eigenvalue weighted by Gasteiger charge is -2.07. The quantitative estimate of drug-likeness (QED) is 0.448. The third kappa shape index (κ3) is 8.35. The van der Waals surface area contributed by atoms with E-state index in [1.54, 1.807) is 35.8 Å². The van der Waals surface area contributed by atoms with Crippen LogP contribution in [0, 0.1) is 0 Å². The Labute approximate surface area is 165 Å². The first-order valence-electron chi connectivity index (χ1n) is 9.80. The summed E-state index contributed by atoms with van der Waals surface area (Å²) in [5.74, 6) is -0.178. The summed E-state index contributed by atoms with van der Waals surface area (Å²) in [5.41, 5.74) is 1.25. The number of benzene rings is 1. The van der Waals surface area contributed by atoms with Gasteiger partial charge < -0.3 is 5.32 Å². The fraction of sp³-hybridized carbons (Fsp3) is 0.476. The molecule has 0 unspecified atom stereocenters. The van der Waals surface area contributed by atoms with E-state index in [-0.39, 0.29) is 11.8 Å². The molecule has 2 aromatic rings. The average Bonchev–Trinajstić information content (AvgIpc) is 3.17. The van der Waals surface area contributed by atoms with Crippen LogP contribution in [0.1, 0.15) is 75.1 Å². The molecule has 0 aliphatic rings. The smallest absolute Gasteiger partial charge is 0.257 e. The van der Waals surface area contributed by atoms with E-state index in [4.69, 9.17) is 0 Å². The largest absolute Gasteiger partial charge is 0.326 e. The van der Waals surface area contributed by atoms with Gasteiger partial charge in [0.05, 0.1) is 0 Å². The van der Waals surface area contributed by atoms with Crippen molar-refractivity contribution in [1.29, 1.82) is 0 Å². The van der Waals surface area contributed by atoms with Crippen LogP contribution >= 0.6 is 11.3 Å². The van der Waals surface area contributed by atoms with Gasteiger partial charge in [-0.3, -0.25) is 14.9 Å². The Balaban J connectivity index is 1.63. The molecule has 0 aliphatic carbocycles. The molecule has 2 N–H and O–H groups in total. The Morgan fingerprint density at radius 3 is 2.22 bits per heavy atom. The Hall–Kier alpha value is -2.21. The summed E-state index contributed by atoms with van der Waals surface area (Å²) >= 11 is 1.37. The molecule has 2 amide bonds. The lowest BCUT2D eigenvalue weighted by Crippen LogP contribution is -2.13. The van der Waals surface area contributed by atoms with Gasteiger partial charge in [0, 0.05) is 29.2 Å². The molecule has 0 spiro atoms. The first-order valence-corrected chi connectivity index (χ1v) is 10.7. The molecular formula is C21H29N3O2S. The number of thiazole rings is 1. The third-order valence-corrected chi connectivity index (χ3v) is 5.03. The molecule has 27 heavy (non-hydrogen) atoms. The summed E-state index contributed by atoms with van der Waals surface area (Å²) in [4.78, 5) is 28.1. The number of aromatic nitrogens is 1. The van der Waals surface area contributed by atoms with Crippen LogP contribution in [0.2, 0.25) is 0 Å². The topological polar surface area (TPSA) is 71.1 Å². The molecule has 0 atom stereocenters. The minimum Gasteiger partial charge on any atom is -0.326 e. The minimum atomic E-state index is -0.207. The van der Waals surface area contributed by atoms with Crippen LogP contribution in [0.15, 0.2) is 35.8 Å². The van der Waals surface area contributed by atoms with Crippen molar-refractivity contribution in [3.8, 4) is 0 Å². The molecule has 0 radical (unpaired) electrons. The summed E-state index contributed by atoms with van der Waals surface area (Å²) in [6.45, 7) is 2.23. The Bertz CT molecular complexity index is 684. The third-order valence-electron chi connectivity index (χ3n) is 4.34. The number of unbranched alkanes of at least 4 members (excludes halogenated alkanes) is 7. The maximum Gasteiger partial charge on any atom is 0.257 e. The van der Waals surface area contributed by atoms with E-state index in [9.17, 15) is 9.59 Å². The van der Waals surface area contributed by atoms with Gasteiger partial charge in [0.25, 0.3) is 5.91 Å². The fourth-order valence-corrected chi connectivity index (χ4v) is 3.33. The van der Waals surface area contributed by atoms with Crippen LogP contribution in [0.4, 0.5) is 10.8 Å². The highest BCUT2D eigenvalue weighted by Gasteiger charge is 2.08. The van der Waals surface area contributed by atoms with E-state index in [1.165, 1.54) is 49.9 Å². The number of rotatable bonds is 12. The maximum absolute atomic E-state index is 12.1. The first-order chi connectivity index (χ1) is 13.2. The lowest BCUT2D eigenvalue weighted by atomic mass is 10.1. The van der Waals surface area contributed by atoms with Gasteiger partial charge in [-0.1, -0.05) is 51.9 Å². The second-order valence-electron chi connectivity index (χ2n) is 6.64. The number of carbonyl (C=O) groups is 2. The van der Waals surface area contributed by atoms with Crippen molar-refractivity contribution < 1.29 is 9.59 Å². The van der Waals surface area contributed by atoms with E-state index in [0.717, 1.165) is 12.8 Å². The molecule has 0 aliphatic heterocycles. The zero-order chi connectivity index (χ0) is 19.3. The number of nitrogens with zero attached hydrogens (tertiary/aromatic N) is 1. The number of amides is 2. The highest BCUT2D eigenvalue weighted by Crippen LogP contribution is 2.15. The van der Waals surface area contributed by atoms with Gasteiger partial charge in [0.2, 0.25) is 5.91 Å². The van der Waals surface area contributed by atoms with E-state index in [0.29, 0.717) is 22.8 Å². The predicted octanol–water partition coefficient (Wildman–Crippen LogP) is 5.86. The highest BCUT2D eigenvalue weighted by molar-refractivity contribution is 7.13. The summed E-state index contributed by atoms with van der Waals surface area (Å²) in [6.07, 6.45) is 11.9. The van der Waals surface area contributed by atoms with Crippen molar-refractivity contribution in [2.24, 2.45) is 0 Å². The van der Waals surface area contributed by atoms with Crippen molar-refractivity contribution >= 4 is 34.0 Å². The van der Waals surface area contributed by atoms with Gasteiger partial charge in [-0.15, -0.1) is 11.3 Å². The molecule has 146 valence electrons. The van der Waals surface area contributed by atoms with Crippen molar-refractivity contribution in [2.45, 2.75) is 64.7 Å². The molecule has 6 heteroatoms. The van der Waals surface area contributed by atoms with Gasteiger partial charge in [0.1, 0.15) is 0 Å². The molecular weight excluding hydrogens is 358 g/mol. The predicted molar refractivity (Wildman–Crippen MR) is 112 cm³/mol. The van der Waals surface area contributed by atoms with E-state index in [1.807, 2.05) is 0 Å². The average molecular weight is 388 g/mol. The van der Waals surface area contributed by atoms with Crippen LogP contribution in [0.25, 0.3) is 0 Å². The molecule has 5 nitrogen and oxygen atoms in total. The Morgan fingerprint density at radius 1 is 0.926 bits per heavy atom. The SMILES string of the molecule is CCCCCCCCCCC(=O)Nc1ccc(C(=O)Nc2nccs2)cc1. The first kappa shape index (κ1) is 21.1.